The van der Waals surface area contributed by atoms with Crippen molar-refractivity contribution < 1.29 is 4.79 Å². The number of nitrogens with two attached hydrogens (primary N) is 1. The van der Waals surface area contributed by atoms with Gasteiger partial charge in [0.2, 0.25) is 0 Å². The van der Waals surface area contributed by atoms with Gasteiger partial charge in [0.1, 0.15) is 0 Å². The van der Waals surface area contributed by atoms with Crippen LogP contribution in [0, 0.1) is 20.8 Å². The molecule has 0 aromatic heterocycles. The molecular formula is C16H17BrN2O. The predicted molar refractivity (Wildman–Crippen MR) is 87.2 cm³/mol. The number of halogens is 1. The maximum Gasteiger partial charge on any atom is 0.255 e. The molecule has 0 aliphatic carbocycles. The van der Waals surface area contributed by atoms with E-state index in [4.69, 9.17) is 5.73 Å². The number of aryl methyl sites for hydroxylation is 3. The third kappa shape index (κ3) is 3.20. The van der Waals surface area contributed by atoms with Crippen molar-refractivity contribution in [1.29, 1.82) is 0 Å². The van der Waals surface area contributed by atoms with Gasteiger partial charge in [-0.1, -0.05) is 33.6 Å². The second kappa shape index (κ2) is 5.67. The Morgan fingerprint density at radius 2 is 1.65 bits per heavy atom. The standard InChI is InChI=1S/C16H17BrN2O/c1-9-4-10(2)15(11(3)5-9)19-16(20)12-6-13(17)8-14(18)7-12/h4-8H,18H2,1-3H3,(H,19,20). The van der Waals surface area contributed by atoms with Gasteiger partial charge in [-0.25, -0.2) is 0 Å². The van der Waals surface area contributed by atoms with E-state index >= 15 is 0 Å². The Morgan fingerprint density at radius 1 is 1.05 bits per heavy atom. The summed E-state index contributed by atoms with van der Waals surface area (Å²) in [6.45, 7) is 6.02. The number of rotatable bonds is 2. The molecule has 104 valence electrons. The molecule has 20 heavy (non-hydrogen) atoms. The molecule has 0 saturated carbocycles. The molecule has 3 N–H and O–H groups in total. The van der Waals surface area contributed by atoms with Crippen LogP contribution in [0.2, 0.25) is 0 Å². The van der Waals surface area contributed by atoms with Gasteiger partial charge in [-0.2, -0.15) is 0 Å². The second-order valence-corrected chi connectivity index (χ2v) is 5.92. The fourth-order valence-electron chi connectivity index (χ4n) is 2.31. The maximum absolute atomic E-state index is 12.3. The van der Waals surface area contributed by atoms with Crippen LogP contribution in [0.4, 0.5) is 11.4 Å². The summed E-state index contributed by atoms with van der Waals surface area (Å²) >= 11 is 3.35. The Hall–Kier alpha value is -1.81. The van der Waals surface area contributed by atoms with Crippen molar-refractivity contribution in [1.82, 2.24) is 0 Å². The number of benzene rings is 2. The molecule has 0 fully saturated rings. The summed E-state index contributed by atoms with van der Waals surface area (Å²) in [5.41, 5.74) is 11.0. The zero-order valence-corrected chi connectivity index (χ0v) is 13.3. The molecular weight excluding hydrogens is 316 g/mol. The Labute approximate surface area is 127 Å². The van der Waals surface area contributed by atoms with Crippen LogP contribution >= 0.6 is 15.9 Å². The largest absolute Gasteiger partial charge is 0.399 e. The fourth-order valence-corrected chi connectivity index (χ4v) is 2.82. The topological polar surface area (TPSA) is 55.1 Å². The number of anilines is 2. The first-order valence-corrected chi connectivity index (χ1v) is 7.11. The first kappa shape index (κ1) is 14.6. The van der Waals surface area contributed by atoms with E-state index in [2.05, 4.69) is 33.4 Å². The summed E-state index contributed by atoms with van der Waals surface area (Å²) in [6.07, 6.45) is 0. The Balaban J connectivity index is 2.32. The predicted octanol–water partition coefficient (Wildman–Crippen LogP) is 4.21. The summed E-state index contributed by atoms with van der Waals surface area (Å²) in [7, 11) is 0. The molecule has 0 atom stereocenters. The number of hydrogen-bond donors (Lipinski definition) is 2. The molecule has 0 unspecified atom stereocenters. The third-order valence-electron chi connectivity index (χ3n) is 3.10. The van der Waals surface area contributed by atoms with Gasteiger partial charge in [-0.05, 0) is 50.1 Å². The van der Waals surface area contributed by atoms with Gasteiger partial charge in [-0.3, -0.25) is 4.79 Å². The van der Waals surface area contributed by atoms with Crippen LogP contribution in [0.25, 0.3) is 0 Å². The van der Waals surface area contributed by atoms with Crippen molar-refractivity contribution in [2.24, 2.45) is 0 Å². The lowest BCUT2D eigenvalue weighted by molar-refractivity contribution is 0.102. The number of nitrogen functional groups attached to an aromatic ring is 1. The van der Waals surface area contributed by atoms with Crippen molar-refractivity contribution >= 4 is 33.2 Å². The summed E-state index contributed by atoms with van der Waals surface area (Å²) in [5, 5.41) is 2.96. The summed E-state index contributed by atoms with van der Waals surface area (Å²) in [4.78, 5) is 12.3. The highest BCUT2D eigenvalue weighted by Gasteiger charge is 2.11. The summed E-state index contributed by atoms with van der Waals surface area (Å²) in [5.74, 6) is -0.159. The van der Waals surface area contributed by atoms with Gasteiger partial charge in [0.15, 0.2) is 0 Å². The molecule has 0 saturated heterocycles. The molecule has 1 amide bonds. The number of carbonyl (C=O) groups excluding carboxylic acids is 1. The quantitative estimate of drug-likeness (QED) is 0.809. The van der Waals surface area contributed by atoms with E-state index in [0.29, 0.717) is 11.3 Å². The van der Waals surface area contributed by atoms with Gasteiger partial charge < -0.3 is 11.1 Å². The lowest BCUT2D eigenvalue weighted by Gasteiger charge is -2.13. The van der Waals surface area contributed by atoms with E-state index in [9.17, 15) is 4.79 Å². The number of nitrogens with one attached hydrogen (secondary N) is 1. The second-order valence-electron chi connectivity index (χ2n) is 5.00. The van der Waals surface area contributed by atoms with E-state index in [1.807, 2.05) is 20.8 Å². The van der Waals surface area contributed by atoms with E-state index in [0.717, 1.165) is 21.3 Å². The number of amides is 1. The molecule has 0 radical (unpaired) electrons. The Bertz CT molecular complexity index is 637. The first-order valence-electron chi connectivity index (χ1n) is 6.32. The molecule has 0 aliphatic heterocycles. The molecule has 0 heterocycles. The van der Waals surface area contributed by atoms with E-state index in [1.165, 1.54) is 5.56 Å². The molecule has 2 aromatic rings. The number of carbonyl (C=O) groups is 1. The van der Waals surface area contributed by atoms with Crippen molar-refractivity contribution in [3.8, 4) is 0 Å². The molecule has 2 rings (SSSR count). The van der Waals surface area contributed by atoms with E-state index in [-0.39, 0.29) is 5.91 Å². The molecule has 0 bridgehead atoms. The van der Waals surface area contributed by atoms with Gasteiger partial charge >= 0.3 is 0 Å². The summed E-state index contributed by atoms with van der Waals surface area (Å²) < 4.78 is 0.792. The van der Waals surface area contributed by atoms with Crippen LogP contribution in [-0.4, -0.2) is 5.91 Å². The van der Waals surface area contributed by atoms with Gasteiger partial charge in [0.25, 0.3) is 5.91 Å². The van der Waals surface area contributed by atoms with Crippen molar-refractivity contribution in [2.45, 2.75) is 20.8 Å². The molecule has 0 aliphatic rings. The van der Waals surface area contributed by atoms with Crippen LogP contribution in [0.3, 0.4) is 0 Å². The van der Waals surface area contributed by atoms with Crippen LogP contribution < -0.4 is 11.1 Å². The van der Waals surface area contributed by atoms with Gasteiger partial charge in [0, 0.05) is 21.4 Å². The molecule has 4 heteroatoms. The van der Waals surface area contributed by atoms with Crippen LogP contribution in [0.5, 0.6) is 0 Å². The SMILES string of the molecule is Cc1cc(C)c(NC(=O)c2cc(N)cc(Br)c2)c(C)c1. The van der Waals surface area contributed by atoms with Crippen molar-refractivity contribution in [3.05, 3.63) is 57.1 Å². The van der Waals surface area contributed by atoms with E-state index < -0.39 is 0 Å². The van der Waals surface area contributed by atoms with Gasteiger partial charge in [0.05, 0.1) is 0 Å². The first-order chi connectivity index (χ1) is 9.36. The molecule has 2 aromatic carbocycles. The minimum Gasteiger partial charge on any atom is -0.399 e. The van der Waals surface area contributed by atoms with Crippen LogP contribution in [-0.2, 0) is 0 Å². The average molecular weight is 333 g/mol. The zero-order valence-electron chi connectivity index (χ0n) is 11.8. The highest BCUT2D eigenvalue weighted by atomic mass is 79.9. The average Bonchev–Trinajstić information content (AvgIpc) is 2.32. The van der Waals surface area contributed by atoms with Crippen molar-refractivity contribution in [2.75, 3.05) is 11.1 Å². The highest BCUT2D eigenvalue weighted by Crippen LogP contribution is 2.24. The highest BCUT2D eigenvalue weighted by molar-refractivity contribution is 9.10. The Morgan fingerprint density at radius 3 is 2.20 bits per heavy atom. The summed E-state index contributed by atoms with van der Waals surface area (Å²) in [6, 6.07) is 9.29. The maximum atomic E-state index is 12.3. The fraction of sp³-hybridized carbons (Fsp3) is 0.188. The zero-order chi connectivity index (χ0) is 14.9. The minimum atomic E-state index is -0.159. The normalized spacial score (nSPS) is 10.4. The number of hydrogen-bond acceptors (Lipinski definition) is 2. The van der Waals surface area contributed by atoms with Crippen molar-refractivity contribution in [3.63, 3.8) is 0 Å². The van der Waals surface area contributed by atoms with E-state index in [1.54, 1.807) is 18.2 Å². The minimum absolute atomic E-state index is 0.159. The lowest BCUT2D eigenvalue weighted by atomic mass is 10.0. The van der Waals surface area contributed by atoms with Crippen LogP contribution in [0.1, 0.15) is 27.0 Å². The Kier molecular flexibility index (Phi) is 4.14. The molecule has 0 spiro atoms. The lowest BCUT2D eigenvalue weighted by Crippen LogP contribution is -2.14. The monoisotopic (exact) mass is 332 g/mol. The molecule has 3 nitrogen and oxygen atoms in total. The van der Waals surface area contributed by atoms with Crippen LogP contribution in [0.15, 0.2) is 34.8 Å². The smallest absolute Gasteiger partial charge is 0.255 e. The van der Waals surface area contributed by atoms with Gasteiger partial charge in [-0.15, -0.1) is 0 Å². The third-order valence-corrected chi connectivity index (χ3v) is 3.56.